The molecule has 0 radical (unpaired) electrons. The molecular formula is C15H23N5OS. The highest BCUT2D eigenvalue weighted by molar-refractivity contribution is 7.13. The van der Waals surface area contributed by atoms with Crippen molar-refractivity contribution in [2.24, 2.45) is 5.92 Å². The van der Waals surface area contributed by atoms with E-state index in [-0.39, 0.29) is 11.9 Å². The maximum absolute atomic E-state index is 12.4. The zero-order chi connectivity index (χ0) is 16.3. The Labute approximate surface area is 135 Å². The molecule has 7 heteroatoms. The largest absolute Gasteiger partial charge is 0.344 e. The monoisotopic (exact) mass is 321 g/mol. The minimum Gasteiger partial charge on any atom is -0.344 e. The summed E-state index contributed by atoms with van der Waals surface area (Å²) in [7, 11) is 0. The Hall–Kier alpha value is -1.76. The zero-order valence-corrected chi connectivity index (χ0v) is 14.6. The van der Waals surface area contributed by atoms with Crippen LogP contribution in [0.1, 0.15) is 59.9 Å². The Balaban J connectivity index is 2.08. The van der Waals surface area contributed by atoms with Gasteiger partial charge in [0.25, 0.3) is 5.91 Å². The topological polar surface area (TPSA) is 72.7 Å². The average Bonchev–Trinajstić information content (AvgIpc) is 3.02. The molecule has 1 amide bonds. The van der Waals surface area contributed by atoms with Gasteiger partial charge in [-0.15, -0.1) is 21.5 Å². The first-order chi connectivity index (χ1) is 10.4. The molecule has 2 aromatic heterocycles. The van der Waals surface area contributed by atoms with Crippen molar-refractivity contribution in [2.75, 3.05) is 0 Å². The number of amides is 1. The summed E-state index contributed by atoms with van der Waals surface area (Å²) in [4.78, 5) is 17.6. The third kappa shape index (κ3) is 3.91. The summed E-state index contributed by atoms with van der Waals surface area (Å²) in [6, 6.07) is 0.268. The standard InChI is InChI=1S/C15H23N5OS/c1-9(2)6-12-14(22-11(5)18-12)15(21)16-7-13-19-17-8-20(13)10(3)4/h8-10H,6-7H2,1-5H3,(H,16,21). The maximum atomic E-state index is 12.4. The normalized spacial score (nSPS) is 11.4. The molecule has 22 heavy (non-hydrogen) atoms. The molecule has 0 unspecified atom stereocenters. The van der Waals surface area contributed by atoms with Gasteiger partial charge in [0.1, 0.15) is 11.2 Å². The van der Waals surface area contributed by atoms with E-state index >= 15 is 0 Å². The van der Waals surface area contributed by atoms with Crippen molar-refractivity contribution in [1.82, 2.24) is 25.1 Å². The molecule has 0 aliphatic carbocycles. The third-order valence-electron chi connectivity index (χ3n) is 3.22. The average molecular weight is 321 g/mol. The van der Waals surface area contributed by atoms with Crippen LogP contribution < -0.4 is 5.32 Å². The third-order valence-corrected chi connectivity index (χ3v) is 4.23. The lowest BCUT2D eigenvalue weighted by Crippen LogP contribution is -2.25. The van der Waals surface area contributed by atoms with Gasteiger partial charge in [-0.25, -0.2) is 4.98 Å². The smallest absolute Gasteiger partial charge is 0.263 e. The predicted molar refractivity (Wildman–Crippen MR) is 87.0 cm³/mol. The fourth-order valence-electron chi connectivity index (χ4n) is 2.24. The molecule has 1 N–H and O–H groups in total. The van der Waals surface area contributed by atoms with Crippen LogP contribution >= 0.6 is 11.3 Å². The summed E-state index contributed by atoms with van der Waals surface area (Å²) >= 11 is 1.45. The van der Waals surface area contributed by atoms with Gasteiger partial charge in [-0.2, -0.15) is 0 Å². The fourth-order valence-corrected chi connectivity index (χ4v) is 3.10. The summed E-state index contributed by atoms with van der Waals surface area (Å²) in [5, 5.41) is 11.8. The summed E-state index contributed by atoms with van der Waals surface area (Å²) in [6.45, 7) is 10.7. The Bertz CT molecular complexity index is 644. The summed E-state index contributed by atoms with van der Waals surface area (Å²) in [5.41, 5.74) is 0.889. The lowest BCUT2D eigenvalue weighted by Gasteiger charge is -2.10. The zero-order valence-electron chi connectivity index (χ0n) is 13.8. The van der Waals surface area contributed by atoms with E-state index in [2.05, 4.69) is 48.2 Å². The van der Waals surface area contributed by atoms with Crippen LogP contribution in [0, 0.1) is 12.8 Å². The molecule has 6 nitrogen and oxygen atoms in total. The Morgan fingerprint density at radius 2 is 2.09 bits per heavy atom. The van der Waals surface area contributed by atoms with Crippen LogP contribution in [0.15, 0.2) is 6.33 Å². The van der Waals surface area contributed by atoms with Crippen LogP contribution in [0.4, 0.5) is 0 Å². The minimum absolute atomic E-state index is 0.0837. The van der Waals surface area contributed by atoms with Gasteiger partial charge >= 0.3 is 0 Å². The minimum atomic E-state index is -0.0837. The lowest BCUT2D eigenvalue weighted by atomic mass is 10.1. The molecule has 0 saturated heterocycles. The van der Waals surface area contributed by atoms with Gasteiger partial charge in [0.05, 0.1) is 17.2 Å². The van der Waals surface area contributed by atoms with Crippen LogP contribution in [-0.2, 0) is 13.0 Å². The van der Waals surface area contributed by atoms with Gasteiger partial charge in [-0.1, -0.05) is 13.8 Å². The predicted octanol–water partition coefficient (Wildman–Crippen LogP) is 2.75. The highest BCUT2D eigenvalue weighted by atomic mass is 32.1. The van der Waals surface area contributed by atoms with Crippen LogP contribution in [0.2, 0.25) is 0 Å². The fraction of sp³-hybridized carbons (Fsp3) is 0.600. The Kier molecular flexibility index (Phi) is 5.28. The molecule has 0 fully saturated rings. The first-order valence-electron chi connectivity index (χ1n) is 7.51. The van der Waals surface area contributed by atoms with Crippen LogP contribution in [0.3, 0.4) is 0 Å². The van der Waals surface area contributed by atoms with Crippen LogP contribution in [0.25, 0.3) is 0 Å². The number of nitrogens with zero attached hydrogens (tertiary/aromatic N) is 4. The molecule has 2 aromatic rings. The van der Waals surface area contributed by atoms with Crippen LogP contribution in [0.5, 0.6) is 0 Å². The van der Waals surface area contributed by atoms with Crippen molar-refractivity contribution in [2.45, 2.75) is 53.6 Å². The van der Waals surface area contributed by atoms with E-state index in [1.807, 2.05) is 11.5 Å². The molecule has 0 spiro atoms. The van der Waals surface area contributed by atoms with E-state index in [0.717, 1.165) is 22.9 Å². The highest BCUT2D eigenvalue weighted by Gasteiger charge is 2.18. The number of carbonyl (C=O) groups excluding carboxylic acids is 1. The second kappa shape index (κ2) is 7.00. The van der Waals surface area contributed by atoms with Gasteiger partial charge < -0.3 is 9.88 Å². The number of hydrogen-bond acceptors (Lipinski definition) is 5. The van der Waals surface area contributed by atoms with Gasteiger partial charge in [0.2, 0.25) is 0 Å². The number of aromatic nitrogens is 4. The van der Waals surface area contributed by atoms with Crippen molar-refractivity contribution in [1.29, 1.82) is 0 Å². The Morgan fingerprint density at radius 3 is 2.73 bits per heavy atom. The molecule has 0 aliphatic heterocycles. The van der Waals surface area contributed by atoms with Crippen molar-refractivity contribution in [3.63, 3.8) is 0 Å². The number of carbonyl (C=O) groups is 1. The molecule has 2 rings (SSSR count). The van der Waals surface area contributed by atoms with Crippen molar-refractivity contribution in [3.8, 4) is 0 Å². The van der Waals surface area contributed by atoms with Gasteiger partial charge in [0.15, 0.2) is 5.82 Å². The van der Waals surface area contributed by atoms with Crippen molar-refractivity contribution < 1.29 is 4.79 Å². The molecule has 0 atom stereocenters. The summed E-state index contributed by atoms with van der Waals surface area (Å²) < 4.78 is 1.95. The van der Waals surface area contributed by atoms with E-state index in [1.165, 1.54) is 11.3 Å². The van der Waals surface area contributed by atoms with Crippen molar-refractivity contribution >= 4 is 17.2 Å². The molecule has 2 heterocycles. The van der Waals surface area contributed by atoms with E-state index in [0.29, 0.717) is 17.3 Å². The SMILES string of the molecule is Cc1nc(CC(C)C)c(C(=O)NCc2nncn2C(C)C)s1. The summed E-state index contributed by atoms with van der Waals surface area (Å²) in [6.07, 6.45) is 2.50. The lowest BCUT2D eigenvalue weighted by molar-refractivity contribution is 0.0952. The quantitative estimate of drug-likeness (QED) is 0.888. The van der Waals surface area contributed by atoms with E-state index < -0.39 is 0 Å². The molecule has 0 aromatic carbocycles. The number of thiazole rings is 1. The van der Waals surface area contributed by atoms with Gasteiger partial charge in [-0.3, -0.25) is 4.79 Å². The number of nitrogens with one attached hydrogen (secondary N) is 1. The van der Waals surface area contributed by atoms with E-state index in [1.54, 1.807) is 6.33 Å². The van der Waals surface area contributed by atoms with Gasteiger partial charge in [-0.05, 0) is 33.1 Å². The second-order valence-electron chi connectivity index (χ2n) is 6.04. The van der Waals surface area contributed by atoms with Crippen LogP contribution in [-0.4, -0.2) is 25.7 Å². The first kappa shape index (κ1) is 16.6. The van der Waals surface area contributed by atoms with E-state index in [9.17, 15) is 4.79 Å². The molecule has 0 aliphatic rings. The molecular weight excluding hydrogens is 298 g/mol. The first-order valence-corrected chi connectivity index (χ1v) is 8.33. The van der Waals surface area contributed by atoms with Gasteiger partial charge in [0, 0.05) is 6.04 Å². The number of hydrogen-bond donors (Lipinski definition) is 1. The second-order valence-corrected chi connectivity index (χ2v) is 7.24. The molecule has 0 saturated carbocycles. The Morgan fingerprint density at radius 1 is 1.36 bits per heavy atom. The molecule has 120 valence electrons. The summed E-state index contributed by atoms with van der Waals surface area (Å²) in [5.74, 6) is 1.15. The van der Waals surface area contributed by atoms with E-state index in [4.69, 9.17) is 0 Å². The molecule has 0 bridgehead atoms. The number of rotatable bonds is 6. The highest BCUT2D eigenvalue weighted by Crippen LogP contribution is 2.21. The number of aryl methyl sites for hydroxylation is 1. The van der Waals surface area contributed by atoms with Crippen molar-refractivity contribution in [3.05, 3.63) is 27.7 Å². The maximum Gasteiger partial charge on any atom is 0.263 e.